The lowest BCUT2D eigenvalue weighted by Crippen LogP contribution is -2.54. The smallest absolute Gasteiger partial charge is 0.370 e. The normalized spacial score (nSPS) is 20.6. The van der Waals surface area contributed by atoms with E-state index in [-0.39, 0.29) is 43.2 Å². The predicted molar refractivity (Wildman–Crippen MR) is 104 cm³/mol. The summed E-state index contributed by atoms with van der Waals surface area (Å²) in [6, 6.07) is 2.14. The maximum absolute atomic E-state index is 13.7. The summed E-state index contributed by atoms with van der Waals surface area (Å²) in [7, 11) is 0. The van der Waals surface area contributed by atoms with Gasteiger partial charge >= 0.3 is 6.18 Å². The average Bonchev–Trinajstić information content (AvgIpc) is 3.60. The van der Waals surface area contributed by atoms with Crippen molar-refractivity contribution in [3.05, 3.63) is 23.8 Å². The molecule has 8 nitrogen and oxygen atoms in total. The van der Waals surface area contributed by atoms with Gasteiger partial charge in [-0.3, -0.25) is 19.3 Å². The molecule has 0 bridgehead atoms. The number of rotatable bonds is 7. The molecule has 1 heterocycles. The largest absolute Gasteiger partial charge is 0.418 e. The van der Waals surface area contributed by atoms with Gasteiger partial charge in [0.25, 0.3) is 11.8 Å². The van der Waals surface area contributed by atoms with Crippen LogP contribution in [0.3, 0.4) is 0 Å². The van der Waals surface area contributed by atoms with Crippen LogP contribution in [0, 0.1) is 0 Å². The Morgan fingerprint density at radius 1 is 1.19 bits per heavy atom. The molecule has 1 saturated heterocycles. The number of amides is 3. The van der Waals surface area contributed by atoms with Crippen LogP contribution >= 0.6 is 0 Å². The minimum atomic E-state index is -4.76. The number of morpholine rings is 1. The van der Waals surface area contributed by atoms with Crippen molar-refractivity contribution in [3.8, 4) is 0 Å². The molecule has 0 spiro atoms. The minimum absolute atomic E-state index is 0.00486. The third kappa shape index (κ3) is 4.67. The molecular formula is C20H23F3N4O4. The fourth-order valence-electron chi connectivity index (χ4n) is 3.94. The summed E-state index contributed by atoms with van der Waals surface area (Å²) in [6.45, 7) is -0.177. The molecule has 11 heteroatoms. The summed E-state index contributed by atoms with van der Waals surface area (Å²) >= 11 is 0. The van der Waals surface area contributed by atoms with Crippen LogP contribution in [0.2, 0.25) is 0 Å². The Labute approximate surface area is 176 Å². The van der Waals surface area contributed by atoms with E-state index in [1.54, 1.807) is 4.90 Å². The lowest BCUT2D eigenvalue weighted by molar-refractivity contribution is -0.138. The molecule has 168 valence electrons. The van der Waals surface area contributed by atoms with Crippen LogP contribution in [0.25, 0.3) is 0 Å². The number of ether oxygens (including phenoxy) is 1. The molecule has 2 saturated carbocycles. The molecular weight excluding hydrogens is 417 g/mol. The summed E-state index contributed by atoms with van der Waals surface area (Å²) in [6.07, 6.45) is -1.34. The Balaban J connectivity index is 1.59. The number of anilines is 2. The van der Waals surface area contributed by atoms with Gasteiger partial charge < -0.3 is 20.7 Å². The third-order valence-electron chi connectivity index (χ3n) is 5.60. The van der Waals surface area contributed by atoms with Crippen LogP contribution < -0.4 is 16.0 Å². The van der Waals surface area contributed by atoms with E-state index in [0.29, 0.717) is 0 Å². The number of carbonyl (C=O) groups is 3. The molecule has 2 aliphatic carbocycles. The van der Waals surface area contributed by atoms with E-state index in [2.05, 4.69) is 5.32 Å². The van der Waals surface area contributed by atoms with Gasteiger partial charge in [-0.05, 0) is 43.9 Å². The Hall–Kier alpha value is -2.66. The predicted octanol–water partition coefficient (Wildman–Crippen LogP) is 1.49. The highest BCUT2D eigenvalue weighted by atomic mass is 19.4. The van der Waals surface area contributed by atoms with Crippen molar-refractivity contribution < 1.29 is 32.3 Å². The molecule has 0 radical (unpaired) electrons. The molecule has 1 aromatic carbocycles. The van der Waals surface area contributed by atoms with E-state index >= 15 is 0 Å². The van der Waals surface area contributed by atoms with Crippen molar-refractivity contribution in [2.45, 2.75) is 50.0 Å². The number of primary amides is 1. The van der Waals surface area contributed by atoms with Crippen molar-refractivity contribution >= 4 is 29.1 Å². The van der Waals surface area contributed by atoms with Crippen molar-refractivity contribution in [2.75, 3.05) is 30.0 Å². The monoisotopic (exact) mass is 440 g/mol. The summed E-state index contributed by atoms with van der Waals surface area (Å²) < 4.78 is 46.2. The highest BCUT2D eigenvalue weighted by Gasteiger charge is 2.47. The van der Waals surface area contributed by atoms with Gasteiger partial charge in [0.2, 0.25) is 5.91 Å². The van der Waals surface area contributed by atoms with Crippen LogP contribution in [-0.4, -0.2) is 60.5 Å². The number of hydrogen-bond donors (Lipinski definition) is 2. The molecule has 4 rings (SSSR count). The first-order valence-corrected chi connectivity index (χ1v) is 10.1. The molecule has 0 unspecified atom stereocenters. The number of carbonyl (C=O) groups excluding carboxylic acids is 3. The quantitative estimate of drug-likeness (QED) is 0.625. The van der Waals surface area contributed by atoms with Gasteiger partial charge in [-0.1, -0.05) is 0 Å². The third-order valence-corrected chi connectivity index (χ3v) is 5.60. The number of halogens is 3. The lowest BCUT2D eigenvalue weighted by atomic mass is 10.1. The number of nitrogens with zero attached hydrogens (tertiary/aromatic N) is 2. The Bertz CT molecular complexity index is 887. The van der Waals surface area contributed by atoms with Crippen LogP contribution in [-0.2, 0) is 25.3 Å². The summed E-state index contributed by atoms with van der Waals surface area (Å²) in [5.41, 5.74) is 4.00. The standard InChI is InChI=1S/C20H23F3N4O4/c21-20(22,23)14-9-11(1-6-15(14)26-7-8-31-10-16(26)28)25-19(30)17(18(24)29)27(12-2-3-12)13-4-5-13/h1,6,9,12-13,17H,2-5,7-8,10H2,(H2,24,29)(H,25,30)/t17-/m1/s1. The van der Waals surface area contributed by atoms with Crippen LogP contribution in [0.5, 0.6) is 0 Å². The van der Waals surface area contributed by atoms with E-state index < -0.39 is 35.5 Å². The topological polar surface area (TPSA) is 105 Å². The first-order chi connectivity index (χ1) is 14.7. The van der Waals surface area contributed by atoms with Gasteiger partial charge in [-0.2, -0.15) is 13.2 Å². The first kappa shape index (κ1) is 21.6. The summed E-state index contributed by atoms with van der Waals surface area (Å²) in [4.78, 5) is 39.7. The molecule has 3 amide bonds. The number of alkyl halides is 3. The van der Waals surface area contributed by atoms with Gasteiger partial charge in [-0.15, -0.1) is 0 Å². The Morgan fingerprint density at radius 2 is 1.84 bits per heavy atom. The van der Waals surface area contributed by atoms with E-state index in [4.69, 9.17) is 10.5 Å². The zero-order chi connectivity index (χ0) is 22.3. The van der Waals surface area contributed by atoms with Gasteiger partial charge in [0.15, 0.2) is 6.04 Å². The van der Waals surface area contributed by atoms with Gasteiger partial charge in [0, 0.05) is 24.3 Å². The lowest BCUT2D eigenvalue weighted by Gasteiger charge is -2.30. The van der Waals surface area contributed by atoms with E-state index in [1.807, 2.05) is 0 Å². The van der Waals surface area contributed by atoms with E-state index in [1.165, 1.54) is 6.07 Å². The molecule has 3 aliphatic rings. The van der Waals surface area contributed by atoms with Crippen molar-refractivity contribution in [1.29, 1.82) is 0 Å². The maximum atomic E-state index is 13.7. The highest BCUT2D eigenvalue weighted by Crippen LogP contribution is 2.40. The highest BCUT2D eigenvalue weighted by molar-refractivity contribution is 6.10. The summed E-state index contributed by atoms with van der Waals surface area (Å²) in [5, 5.41) is 2.41. The number of hydrogen-bond acceptors (Lipinski definition) is 5. The average molecular weight is 440 g/mol. The van der Waals surface area contributed by atoms with Crippen molar-refractivity contribution in [3.63, 3.8) is 0 Å². The molecule has 3 N–H and O–H groups in total. The molecule has 0 aromatic heterocycles. The zero-order valence-corrected chi connectivity index (χ0v) is 16.7. The Kier molecular flexibility index (Phi) is 5.65. The van der Waals surface area contributed by atoms with Gasteiger partial charge in [0.1, 0.15) is 6.61 Å². The number of nitrogens with one attached hydrogen (secondary N) is 1. The van der Waals surface area contributed by atoms with Crippen LogP contribution in [0.4, 0.5) is 24.5 Å². The fraction of sp³-hybridized carbons (Fsp3) is 0.550. The maximum Gasteiger partial charge on any atom is 0.418 e. The van der Waals surface area contributed by atoms with Crippen molar-refractivity contribution in [1.82, 2.24) is 4.90 Å². The molecule has 1 aliphatic heterocycles. The van der Waals surface area contributed by atoms with Gasteiger partial charge in [0.05, 0.1) is 17.9 Å². The second-order valence-corrected chi connectivity index (χ2v) is 8.03. The van der Waals surface area contributed by atoms with E-state index in [0.717, 1.165) is 42.7 Å². The molecule has 31 heavy (non-hydrogen) atoms. The van der Waals surface area contributed by atoms with Crippen molar-refractivity contribution in [2.24, 2.45) is 5.73 Å². The second-order valence-electron chi connectivity index (χ2n) is 8.03. The molecule has 1 atom stereocenters. The number of nitrogens with two attached hydrogens (primary N) is 1. The zero-order valence-electron chi connectivity index (χ0n) is 16.7. The van der Waals surface area contributed by atoms with Crippen LogP contribution in [0.15, 0.2) is 18.2 Å². The van der Waals surface area contributed by atoms with Gasteiger partial charge in [-0.25, -0.2) is 0 Å². The molecule has 1 aromatic rings. The first-order valence-electron chi connectivity index (χ1n) is 10.1. The minimum Gasteiger partial charge on any atom is -0.370 e. The Morgan fingerprint density at radius 3 is 2.35 bits per heavy atom. The molecule has 3 fully saturated rings. The van der Waals surface area contributed by atoms with Crippen LogP contribution in [0.1, 0.15) is 31.2 Å². The van der Waals surface area contributed by atoms with E-state index in [9.17, 15) is 27.6 Å². The second kappa shape index (κ2) is 8.12. The fourth-order valence-corrected chi connectivity index (χ4v) is 3.94. The number of benzene rings is 1. The summed E-state index contributed by atoms with van der Waals surface area (Å²) in [5.74, 6) is -2.16. The SMILES string of the molecule is NC(=O)[C@H](C(=O)Nc1ccc(N2CCOCC2=O)c(C(F)(F)F)c1)N(C1CC1)C1CC1.